The molecule has 0 radical (unpaired) electrons. The molecule has 3 rings (SSSR count). The Bertz CT molecular complexity index is 629. The number of aromatic nitrogens is 1. The molecule has 18 heavy (non-hydrogen) atoms. The van der Waals surface area contributed by atoms with Crippen molar-refractivity contribution in [3.63, 3.8) is 0 Å². The quantitative estimate of drug-likeness (QED) is 0.849. The zero-order chi connectivity index (χ0) is 12.5. The first-order valence-corrected chi connectivity index (χ1v) is 6.24. The van der Waals surface area contributed by atoms with Gasteiger partial charge in [0.2, 0.25) is 0 Å². The van der Waals surface area contributed by atoms with Crippen LogP contribution in [0.2, 0.25) is 0 Å². The Morgan fingerprint density at radius 1 is 1.33 bits per heavy atom. The van der Waals surface area contributed by atoms with Crippen molar-refractivity contribution in [3.05, 3.63) is 46.0 Å². The lowest BCUT2D eigenvalue weighted by molar-refractivity contribution is 0.577. The second-order valence-corrected chi connectivity index (χ2v) is 4.92. The first-order chi connectivity index (χ1) is 8.72. The van der Waals surface area contributed by atoms with Gasteiger partial charge in [-0.2, -0.15) is 0 Å². The average Bonchev–Trinajstić information content (AvgIpc) is 2.83. The molecule has 2 heterocycles. The number of halogens is 1. The highest BCUT2D eigenvalue weighted by molar-refractivity contribution is 5.78. The molecule has 0 saturated carbocycles. The molecule has 2 N–H and O–H groups in total. The molecule has 94 valence electrons. The molecule has 1 unspecified atom stereocenters. The molecule has 4 heteroatoms. The van der Waals surface area contributed by atoms with Gasteiger partial charge in [0.25, 0.3) is 5.56 Å². The summed E-state index contributed by atoms with van der Waals surface area (Å²) < 4.78 is 13.2. The Morgan fingerprint density at radius 2 is 2.22 bits per heavy atom. The highest BCUT2D eigenvalue weighted by atomic mass is 19.1. The van der Waals surface area contributed by atoms with Gasteiger partial charge in [-0.3, -0.25) is 4.79 Å². The summed E-state index contributed by atoms with van der Waals surface area (Å²) in [7, 11) is 0. The van der Waals surface area contributed by atoms with Crippen molar-refractivity contribution in [2.75, 3.05) is 13.1 Å². The summed E-state index contributed by atoms with van der Waals surface area (Å²) in [6.07, 6.45) is 1.86. The Hall–Kier alpha value is -1.68. The van der Waals surface area contributed by atoms with Crippen LogP contribution in [0.25, 0.3) is 10.9 Å². The molecule has 0 spiro atoms. The Labute approximate surface area is 104 Å². The summed E-state index contributed by atoms with van der Waals surface area (Å²) in [5, 5.41) is 4.05. The summed E-state index contributed by atoms with van der Waals surface area (Å²) in [4.78, 5) is 14.8. The molecule has 1 aromatic heterocycles. The number of hydrogen-bond acceptors (Lipinski definition) is 2. The minimum Gasteiger partial charge on any atom is -0.322 e. The van der Waals surface area contributed by atoms with E-state index in [0.717, 1.165) is 36.9 Å². The smallest absolute Gasteiger partial charge is 0.251 e. The van der Waals surface area contributed by atoms with Gasteiger partial charge >= 0.3 is 0 Å². The monoisotopic (exact) mass is 246 g/mol. The van der Waals surface area contributed by atoms with E-state index in [9.17, 15) is 9.18 Å². The van der Waals surface area contributed by atoms with Crippen LogP contribution >= 0.6 is 0 Å². The number of fused-ring (bicyclic) bond motifs is 1. The van der Waals surface area contributed by atoms with E-state index >= 15 is 0 Å². The third-order valence-corrected chi connectivity index (χ3v) is 3.55. The van der Waals surface area contributed by atoms with Gasteiger partial charge in [-0.05, 0) is 56.1 Å². The predicted molar refractivity (Wildman–Crippen MR) is 69.2 cm³/mol. The first-order valence-electron chi connectivity index (χ1n) is 6.24. The summed E-state index contributed by atoms with van der Waals surface area (Å²) in [5.74, 6) is 0.236. The van der Waals surface area contributed by atoms with Crippen molar-refractivity contribution in [1.82, 2.24) is 10.3 Å². The van der Waals surface area contributed by atoms with Gasteiger partial charge in [0.15, 0.2) is 0 Å². The Morgan fingerprint density at radius 3 is 3.00 bits per heavy atom. The molecule has 1 saturated heterocycles. The van der Waals surface area contributed by atoms with Crippen LogP contribution in [0.5, 0.6) is 0 Å². The third-order valence-electron chi connectivity index (χ3n) is 3.55. The molecule has 1 aliphatic rings. The Balaban J connectivity index is 2.00. The number of aromatic amines is 1. The van der Waals surface area contributed by atoms with Crippen LogP contribution in [0.15, 0.2) is 29.1 Å². The van der Waals surface area contributed by atoms with E-state index in [1.54, 1.807) is 6.07 Å². The summed E-state index contributed by atoms with van der Waals surface area (Å²) in [5.41, 5.74) is 1.39. The number of rotatable bonds is 2. The molecule has 2 aromatic rings. The second-order valence-electron chi connectivity index (χ2n) is 4.92. The van der Waals surface area contributed by atoms with Gasteiger partial charge in [-0.25, -0.2) is 4.39 Å². The van der Waals surface area contributed by atoms with Gasteiger partial charge in [0, 0.05) is 16.5 Å². The summed E-state index contributed by atoms with van der Waals surface area (Å²) >= 11 is 0. The minimum atomic E-state index is -0.275. The molecule has 0 amide bonds. The van der Waals surface area contributed by atoms with Crippen LogP contribution in [0.4, 0.5) is 4.39 Å². The van der Waals surface area contributed by atoms with Crippen molar-refractivity contribution in [3.8, 4) is 0 Å². The average molecular weight is 246 g/mol. The molecule has 0 bridgehead atoms. The van der Waals surface area contributed by atoms with E-state index in [2.05, 4.69) is 10.3 Å². The number of hydrogen-bond donors (Lipinski definition) is 2. The van der Waals surface area contributed by atoms with E-state index in [4.69, 9.17) is 0 Å². The van der Waals surface area contributed by atoms with Crippen LogP contribution in [0, 0.1) is 11.7 Å². The lowest BCUT2D eigenvalue weighted by Crippen LogP contribution is -2.18. The van der Waals surface area contributed by atoms with Crippen LogP contribution < -0.4 is 10.9 Å². The molecule has 1 fully saturated rings. The highest BCUT2D eigenvalue weighted by Gasteiger charge is 2.16. The van der Waals surface area contributed by atoms with Crippen LogP contribution in [0.1, 0.15) is 12.0 Å². The lowest BCUT2D eigenvalue weighted by Gasteiger charge is -2.08. The van der Waals surface area contributed by atoms with E-state index in [-0.39, 0.29) is 11.4 Å². The van der Waals surface area contributed by atoms with Gasteiger partial charge < -0.3 is 10.3 Å². The van der Waals surface area contributed by atoms with Crippen molar-refractivity contribution >= 4 is 10.9 Å². The zero-order valence-corrected chi connectivity index (χ0v) is 10.0. The molecule has 0 aliphatic carbocycles. The maximum Gasteiger partial charge on any atom is 0.251 e. The largest absolute Gasteiger partial charge is 0.322 e. The number of nitrogens with one attached hydrogen (secondary N) is 2. The van der Waals surface area contributed by atoms with E-state index in [0.29, 0.717) is 11.4 Å². The highest BCUT2D eigenvalue weighted by Crippen LogP contribution is 2.17. The zero-order valence-electron chi connectivity index (χ0n) is 10.0. The Kier molecular flexibility index (Phi) is 2.88. The second kappa shape index (κ2) is 4.53. The standard InChI is InChI=1S/C14H15FN2O/c15-12-1-2-13-10(7-12)6-11(14(18)17-13)5-9-3-4-16-8-9/h1-2,6-7,9,16H,3-5,8H2,(H,17,18). The molecule has 3 nitrogen and oxygen atoms in total. The maximum atomic E-state index is 13.2. The minimum absolute atomic E-state index is 0.0546. The van der Waals surface area contributed by atoms with Crippen LogP contribution in [0.3, 0.4) is 0 Å². The predicted octanol–water partition coefficient (Wildman–Crippen LogP) is 1.82. The normalized spacial score (nSPS) is 19.5. The molecule has 1 aromatic carbocycles. The number of H-pyrrole nitrogens is 1. The van der Waals surface area contributed by atoms with E-state index in [1.165, 1.54) is 12.1 Å². The van der Waals surface area contributed by atoms with Gasteiger partial charge in [-0.15, -0.1) is 0 Å². The SMILES string of the molecule is O=c1[nH]c2ccc(F)cc2cc1CC1CCNC1. The lowest BCUT2D eigenvalue weighted by atomic mass is 9.98. The van der Waals surface area contributed by atoms with Crippen molar-refractivity contribution in [2.24, 2.45) is 5.92 Å². The van der Waals surface area contributed by atoms with Crippen molar-refractivity contribution < 1.29 is 4.39 Å². The van der Waals surface area contributed by atoms with E-state index in [1.807, 2.05) is 6.07 Å². The van der Waals surface area contributed by atoms with Gasteiger partial charge in [-0.1, -0.05) is 0 Å². The number of pyridine rings is 1. The third kappa shape index (κ3) is 2.16. The van der Waals surface area contributed by atoms with Crippen LogP contribution in [-0.2, 0) is 6.42 Å². The fraction of sp³-hybridized carbons (Fsp3) is 0.357. The summed E-state index contributed by atoms with van der Waals surface area (Å²) in [6, 6.07) is 6.24. The first kappa shape index (κ1) is 11.4. The summed E-state index contributed by atoms with van der Waals surface area (Å²) in [6.45, 7) is 1.98. The van der Waals surface area contributed by atoms with Gasteiger partial charge in [0.05, 0.1) is 0 Å². The fourth-order valence-corrected chi connectivity index (χ4v) is 2.57. The fourth-order valence-electron chi connectivity index (χ4n) is 2.57. The molecular formula is C14H15FN2O. The molecule has 1 atom stereocenters. The van der Waals surface area contributed by atoms with E-state index < -0.39 is 0 Å². The van der Waals surface area contributed by atoms with Crippen LogP contribution in [-0.4, -0.2) is 18.1 Å². The maximum absolute atomic E-state index is 13.2. The van der Waals surface area contributed by atoms with Gasteiger partial charge in [0.1, 0.15) is 5.82 Å². The molecular weight excluding hydrogens is 231 g/mol. The topological polar surface area (TPSA) is 44.9 Å². The van der Waals surface area contributed by atoms with Crippen molar-refractivity contribution in [2.45, 2.75) is 12.8 Å². The van der Waals surface area contributed by atoms with Crippen molar-refractivity contribution in [1.29, 1.82) is 0 Å². The molecule has 1 aliphatic heterocycles. The number of benzene rings is 1.